The van der Waals surface area contributed by atoms with Gasteiger partial charge in [0.1, 0.15) is 0 Å². The smallest absolute Gasteiger partial charge is 0.226 e. The highest BCUT2D eigenvalue weighted by Gasteiger charge is 2.11. The van der Waals surface area contributed by atoms with Crippen LogP contribution in [0.1, 0.15) is 16.3 Å². The molecule has 0 fully saturated rings. The molecule has 2 aromatic rings. The average molecular weight is 306 g/mol. The van der Waals surface area contributed by atoms with Crippen LogP contribution in [0.5, 0.6) is 11.5 Å². The second-order valence-electron chi connectivity index (χ2n) is 4.46. The van der Waals surface area contributed by atoms with E-state index in [1.165, 1.54) is 0 Å². The summed E-state index contributed by atoms with van der Waals surface area (Å²) in [5.74, 6) is 1.23. The third-order valence-corrected chi connectivity index (χ3v) is 3.79. The number of rotatable bonds is 6. The van der Waals surface area contributed by atoms with E-state index < -0.39 is 0 Å². The van der Waals surface area contributed by atoms with E-state index in [9.17, 15) is 4.79 Å². The zero-order valence-corrected chi connectivity index (χ0v) is 13.1. The van der Waals surface area contributed by atoms with E-state index in [0.717, 1.165) is 16.3 Å². The van der Waals surface area contributed by atoms with Crippen molar-refractivity contribution >= 4 is 17.2 Å². The number of nitrogens with zero attached hydrogens (tertiary/aromatic N) is 1. The van der Waals surface area contributed by atoms with E-state index in [0.29, 0.717) is 18.0 Å². The molecule has 1 aromatic heterocycles. The lowest BCUT2D eigenvalue weighted by Gasteiger charge is -2.13. The van der Waals surface area contributed by atoms with Crippen LogP contribution in [0.2, 0.25) is 0 Å². The first-order valence-corrected chi connectivity index (χ1v) is 7.39. The zero-order chi connectivity index (χ0) is 15.2. The first-order valence-electron chi connectivity index (χ1n) is 6.51. The molecular weight excluding hydrogens is 288 g/mol. The Kier molecular flexibility index (Phi) is 5.16. The third-order valence-electron chi connectivity index (χ3n) is 2.97. The molecule has 112 valence electrons. The third kappa shape index (κ3) is 3.95. The summed E-state index contributed by atoms with van der Waals surface area (Å²) in [5, 5.41) is 5.74. The topological polar surface area (TPSA) is 60.5 Å². The van der Waals surface area contributed by atoms with Crippen molar-refractivity contribution in [2.45, 2.75) is 19.9 Å². The minimum absolute atomic E-state index is 0.0647. The van der Waals surface area contributed by atoms with Crippen molar-refractivity contribution < 1.29 is 14.3 Å². The van der Waals surface area contributed by atoms with E-state index in [1.54, 1.807) is 25.6 Å². The normalized spacial score (nSPS) is 10.2. The monoisotopic (exact) mass is 306 g/mol. The molecule has 2 rings (SSSR count). The molecule has 1 aromatic carbocycles. The van der Waals surface area contributed by atoms with Gasteiger partial charge in [-0.3, -0.25) is 4.79 Å². The van der Waals surface area contributed by atoms with Crippen LogP contribution in [0, 0.1) is 6.92 Å². The average Bonchev–Trinajstić information content (AvgIpc) is 2.89. The van der Waals surface area contributed by atoms with Gasteiger partial charge in [0.05, 0.1) is 31.3 Å². The van der Waals surface area contributed by atoms with Gasteiger partial charge in [-0.1, -0.05) is 12.1 Å². The number of carbonyl (C=O) groups excluding carboxylic acids is 1. The van der Waals surface area contributed by atoms with E-state index in [4.69, 9.17) is 9.47 Å². The van der Waals surface area contributed by atoms with Crippen LogP contribution in [-0.2, 0) is 17.8 Å². The summed E-state index contributed by atoms with van der Waals surface area (Å²) in [6.07, 6.45) is 0.288. The van der Waals surface area contributed by atoms with E-state index in [1.807, 2.05) is 30.5 Å². The summed E-state index contributed by atoms with van der Waals surface area (Å²) in [4.78, 5) is 16.2. The number of para-hydroxylation sites is 1. The fourth-order valence-corrected chi connectivity index (χ4v) is 2.62. The highest BCUT2D eigenvalue weighted by atomic mass is 32.1. The van der Waals surface area contributed by atoms with Crippen molar-refractivity contribution in [1.82, 2.24) is 10.3 Å². The predicted molar refractivity (Wildman–Crippen MR) is 81.9 cm³/mol. The number of aromatic nitrogens is 1. The number of thiazole rings is 1. The summed E-state index contributed by atoms with van der Waals surface area (Å²) in [6, 6.07) is 5.59. The quantitative estimate of drug-likeness (QED) is 0.890. The molecule has 0 aliphatic heterocycles. The number of aryl methyl sites for hydroxylation is 1. The molecule has 6 heteroatoms. The molecule has 0 unspecified atom stereocenters. The van der Waals surface area contributed by atoms with Gasteiger partial charge in [-0.15, -0.1) is 11.3 Å². The predicted octanol–water partition coefficient (Wildman–Crippen LogP) is 2.33. The molecule has 1 N–H and O–H groups in total. The highest BCUT2D eigenvalue weighted by Crippen LogP contribution is 2.30. The summed E-state index contributed by atoms with van der Waals surface area (Å²) in [5.41, 5.74) is 1.67. The minimum Gasteiger partial charge on any atom is -0.493 e. The summed E-state index contributed by atoms with van der Waals surface area (Å²) in [6.45, 7) is 2.31. The van der Waals surface area contributed by atoms with Crippen molar-refractivity contribution in [2.24, 2.45) is 0 Å². The Balaban J connectivity index is 1.98. The molecule has 1 amide bonds. The van der Waals surface area contributed by atoms with Gasteiger partial charge < -0.3 is 14.8 Å². The largest absolute Gasteiger partial charge is 0.493 e. The number of benzene rings is 1. The Morgan fingerprint density at radius 3 is 2.76 bits per heavy atom. The molecule has 0 saturated carbocycles. The molecule has 5 nitrogen and oxygen atoms in total. The van der Waals surface area contributed by atoms with E-state index in [2.05, 4.69) is 10.3 Å². The fourth-order valence-electron chi connectivity index (χ4n) is 2.00. The number of methoxy groups -OCH3 is 2. The van der Waals surface area contributed by atoms with Gasteiger partial charge in [0.2, 0.25) is 5.91 Å². The lowest BCUT2D eigenvalue weighted by molar-refractivity contribution is -0.120. The van der Waals surface area contributed by atoms with Crippen LogP contribution in [0.15, 0.2) is 23.6 Å². The maximum atomic E-state index is 11.9. The molecule has 0 spiro atoms. The van der Waals surface area contributed by atoms with Crippen molar-refractivity contribution in [3.05, 3.63) is 39.8 Å². The Hall–Kier alpha value is -2.08. The van der Waals surface area contributed by atoms with Gasteiger partial charge in [0.25, 0.3) is 0 Å². The van der Waals surface area contributed by atoms with E-state index in [-0.39, 0.29) is 12.3 Å². The number of hydrogen-bond donors (Lipinski definition) is 1. The van der Waals surface area contributed by atoms with Crippen molar-refractivity contribution in [3.8, 4) is 11.5 Å². The maximum Gasteiger partial charge on any atom is 0.226 e. The van der Waals surface area contributed by atoms with Gasteiger partial charge >= 0.3 is 0 Å². The Labute approximate surface area is 127 Å². The second kappa shape index (κ2) is 7.08. The SMILES string of the molecule is COc1cccc(CNC(=O)Cc2csc(C)n2)c1OC. The van der Waals surface area contributed by atoms with Gasteiger partial charge in [0.15, 0.2) is 11.5 Å². The maximum absolute atomic E-state index is 11.9. The van der Waals surface area contributed by atoms with Crippen LogP contribution in [0.4, 0.5) is 0 Å². The molecule has 0 aliphatic rings. The standard InChI is InChI=1S/C15H18N2O3S/c1-10-17-12(9-21-10)7-14(18)16-8-11-5-4-6-13(19-2)15(11)20-3/h4-6,9H,7-8H2,1-3H3,(H,16,18). The number of ether oxygens (including phenoxy) is 2. The molecule has 0 atom stereocenters. The van der Waals surface area contributed by atoms with Crippen LogP contribution >= 0.6 is 11.3 Å². The molecule has 1 heterocycles. The number of amides is 1. The lowest BCUT2D eigenvalue weighted by atomic mass is 10.2. The van der Waals surface area contributed by atoms with Gasteiger partial charge in [-0.05, 0) is 13.0 Å². The molecular formula is C15H18N2O3S. The second-order valence-corrected chi connectivity index (χ2v) is 5.53. The first kappa shape index (κ1) is 15.3. The summed E-state index contributed by atoms with van der Waals surface area (Å²) >= 11 is 1.54. The van der Waals surface area contributed by atoms with Gasteiger partial charge in [0, 0.05) is 17.5 Å². The van der Waals surface area contributed by atoms with Crippen molar-refractivity contribution in [2.75, 3.05) is 14.2 Å². The first-order chi connectivity index (χ1) is 10.1. The summed E-state index contributed by atoms with van der Waals surface area (Å²) in [7, 11) is 3.17. The molecule has 0 aliphatic carbocycles. The van der Waals surface area contributed by atoms with Crippen LogP contribution in [0.25, 0.3) is 0 Å². The Bertz CT molecular complexity index is 625. The van der Waals surface area contributed by atoms with Crippen molar-refractivity contribution in [3.63, 3.8) is 0 Å². The molecule has 0 saturated heterocycles. The Morgan fingerprint density at radius 1 is 1.33 bits per heavy atom. The van der Waals surface area contributed by atoms with Crippen LogP contribution < -0.4 is 14.8 Å². The molecule has 0 radical (unpaired) electrons. The number of hydrogen-bond acceptors (Lipinski definition) is 5. The summed E-state index contributed by atoms with van der Waals surface area (Å²) < 4.78 is 10.6. The lowest BCUT2D eigenvalue weighted by Crippen LogP contribution is -2.25. The Morgan fingerprint density at radius 2 is 2.14 bits per heavy atom. The van der Waals surface area contributed by atoms with Crippen LogP contribution in [0.3, 0.4) is 0 Å². The van der Waals surface area contributed by atoms with Crippen molar-refractivity contribution in [1.29, 1.82) is 0 Å². The number of nitrogens with one attached hydrogen (secondary N) is 1. The number of carbonyl (C=O) groups is 1. The molecule has 0 bridgehead atoms. The van der Waals surface area contributed by atoms with Crippen LogP contribution in [-0.4, -0.2) is 25.1 Å². The fraction of sp³-hybridized carbons (Fsp3) is 0.333. The minimum atomic E-state index is -0.0647. The zero-order valence-electron chi connectivity index (χ0n) is 12.3. The van der Waals surface area contributed by atoms with E-state index >= 15 is 0 Å². The molecule has 21 heavy (non-hydrogen) atoms. The van der Waals surface area contributed by atoms with Gasteiger partial charge in [-0.2, -0.15) is 0 Å². The van der Waals surface area contributed by atoms with Gasteiger partial charge in [-0.25, -0.2) is 4.98 Å². The highest BCUT2D eigenvalue weighted by molar-refractivity contribution is 7.09.